The van der Waals surface area contributed by atoms with Gasteiger partial charge in [0.05, 0.1) is 11.7 Å². The molecule has 0 radical (unpaired) electrons. The summed E-state index contributed by atoms with van der Waals surface area (Å²) in [4.78, 5) is 8.81. The van der Waals surface area contributed by atoms with Crippen LogP contribution in [0.4, 0.5) is 11.6 Å². The van der Waals surface area contributed by atoms with Crippen LogP contribution in [0.15, 0.2) is 42.6 Å². The number of anilines is 2. The average molecular weight is 242 g/mol. The molecule has 0 saturated carbocycles. The summed E-state index contributed by atoms with van der Waals surface area (Å²) in [6.07, 6.45) is 1.80. The summed E-state index contributed by atoms with van der Waals surface area (Å²) in [5.74, 6) is 1.74. The van der Waals surface area contributed by atoms with Crippen LogP contribution in [0, 0.1) is 0 Å². The van der Waals surface area contributed by atoms with Gasteiger partial charge in [0.15, 0.2) is 0 Å². The van der Waals surface area contributed by atoms with Gasteiger partial charge in [0.25, 0.3) is 0 Å². The molecule has 94 valence electrons. The molecular formula is C14H18N4. The van der Waals surface area contributed by atoms with Gasteiger partial charge in [-0.2, -0.15) is 0 Å². The van der Waals surface area contributed by atoms with Crippen LogP contribution in [0.3, 0.4) is 0 Å². The van der Waals surface area contributed by atoms with E-state index in [0.717, 1.165) is 23.9 Å². The smallest absolute Gasteiger partial charge is 0.128 e. The molecule has 1 unspecified atom stereocenters. The second-order valence-corrected chi connectivity index (χ2v) is 4.06. The van der Waals surface area contributed by atoms with E-state index in [0.29, 0.717) is 0 Å². The summed E-state index contributed by atoms with van der Waals surface area (Å²) >= 11 is 0. The number of pyridine rings is 2. The Morgan fingerprint density at radius 1 is 1.11 bits per heavy atom. The molecular weight excluding hydrogens is 224 g/mol. The molecule has 0 spiro atoms. The lowest BCUT2D eigenvalue weighted by Crippen LogP contribution is -2.10. The van der Waals surface area contributed by atoms with E-state index < -0.39 is 0 Å². The van der Waals surface area contributed by atoms with E-state index in [1.165, 1.54) is 0 Å². The predicted molar refractivity (Wildman–Crippen MR) is 74.7 cm³/mol. The Balaban J connectivity index is 2.07. The molecule has 4 heteroatoms. The zero-order valence-corrected chi connectivity index (χ0v) is 10.7. The minimum absolute atomic E-state index is 0.135. The third-order valence-electron chi connectivity index (χ3n) is 2.60. The summed E-state index contributed by atoms with van der Waals surface area (Å²) in [5, 5.41) is 6.54. The first kappa shape index (κ1) is 12.4. The lowest BCUT2D eigenvalue weighted by Gasteiger charge is -2.14. The number of aromatic nitrogens is 2. The molecule has 1 atom stereocenters. The fourth-order valence-corrected chi connectivity index (χ4v) is 1.72. The van der Waals surface area contributed by atoms with Crippen molar-refractivity contribution in [3.8, 4) is 0 Å². The van der Waals surface area contributed by atoms with Gasteiger partial charge in [0.1, 0.15) is 11.6 Å². The van der Waals surface area contributed by atoms with Gasteiger partial charge >= 0.3 is 0 Å². The van der Waals surface area contributed by atoms with Crippen LogP contribution in [0.2, 0.25) is 0 Å². The van der Waals surface area contributed by atoms with Crippen molar-refractivity contribution in [2.45, 2.75) is 19.9 Å². The average Bonchev–Trinajstić information content (AvgIpc) is 2.40. The van der Waals surface area contributed by atoms with Gasteiger partial charge in [-0.1, -0.05) is 12.1 Å². The first-order chi connectivity index (χ1) is 8.79. The standard InChI is InChI=1S/C14H18N4/c1-3-15-13-8-6-9-14(18-13)17-11(2)12-7-4-5-10-16-12/h4-11H,3H2,1-2H3,(H2,15,17,18). The lowest BCUT2D eigenvalue weighted by atomic mass is 10.2. The molecule has 0 amide bonds. The maximum atomic E-state index is 4.48. The van der Waals surface area contributed by atoms with Gasteiger partial charge in [-0.25, -0.2) is 4.98 Å². The first-order valence-corrected chi connectivity index (χ1v) is 6.18. The Bertz CT molecular complexity index is 484. The fourth-order valence-electron chi connectivity index (χ4n) is 1.72. The monoisotopic (exact) mass is 242 g/mol. The van der Waals surface area contributed by atoms with Crippen molar-refractivity contribution < 1.29 is 0 Å². The van der Waals surface area contributed by atoms with Crippen LogP contribution < -0.4 is 10.6 Å². The normalized spacial score (nSPS) is 11.9. The largest absolute Gasteiger partial charge is 0.370 e. The quantitative estimate of drug-likeness (QED) is 0.846. The van der Waals surface area contributed by atoms with Crippen molar-refractivity contribution >= 4 is 11.6 Å². The van der Waals surface area contributed by atoms with Crippen LogP contribution in [0.1, 0.15) is 25.6 Å². The van der Waals surface area contributed by atoms with Crippen molar-refractivity contribution in [2.75, 3.05) is 17.2 Å². The van der Waals surface area contributed by atoms with E-state index in [-0.39, 0.29) is 6.04 Å². The Labute approximate surface area is 107 Å². The fraction of sp³-hybridized carbons (Fsp3) is 0.286. The molecule has 2 aromatic rings. The van der Waals surface area contributed by atoms with Crippen LogP contribution in [-0.2, 0) is 0 Å². The van der Waals surface area contributed by atoms with Crippen LogP contribution in [0.25, 0.3) is 0 Å². The molecule has 0 fully saturated rings. The van der Waals surface area contributed by atoms with Gasteiger partial charge < -0.3 is 10.6 Å². The Kier molecular flexibility index (Phi) is 4.12. The highest BCUT2D eigenvalue weighted by molar-refractivity contribution is 5.46. The summed E-state index contributed by atoms with van der Waals surface area (Å²) in [7, 11) is 0. The molecule has 0 aliphatic carbocycles. The highest BCUT2D eigenvalue weighted by Crippen LogP contribution is 2.16. The minimum Gasteiger partial charge on any atom is -0.370 e. The second kappa shape index (κ2) is 6.00. The number of rotatable bonds is 5. The van der Waals surface area contributed by atoms with Crippen LogP contribution in [0.5, 0.6) is 0 Å². The topological polar surface area (TPSA) is 49.8 Å². The zero-order valence-electron chi connectivity index (χ0n) is 10.7. The van der Waals surface area contributed by atoms with E-state index in [9.17, 15) is 0 Å². The number of hydrogen-bond donors (Lipinski definition) is 2. The molecule has 4 nitrogen and oxygen atoms in total. The van der Waals surface area contributed by atoms with Gasteiger partial charge in [-0.3, -0.25) is 4.98 Å². The third kappa shape index (κ3) is 3.20. The van der Waals surface area contributed by atoms with Crippen molar-refractivity contribution in [3.63, 3.8) is 0 Å². The minimum atomic E-state index is 0.135. The van der Waals surface area contributed by atoms with E-state index in [2.05, 4.69) is 34.4 Å². The van der Waals surface area contributed by atoms with E-state index in [1.54, 1.807) is 6.20 Å². The number of hydrogen-bond acceptors (Lipinski definition) is 4. The summed E-state index contributed by atoms with van der Waals surface area (Å²) in [6, 6.07) is 11.9. The second-order valence-electron chi connectivity index (χ2n) is 4.06. The van der Waals surface area contributed by atoms with Gasteiger partial charge in [0, 0.05) is 12.7 Å². The van der Waals surface area contributed by atoms with Crippen LogP contribution in [-0.4, -0.2) is 16.5 Å². The van der Waals surface area contributed by atoms with E-state index >= 15 is 0 Å². The Morgan fingerprint density at radius 2 is 1.94 bits per heavy atom. The molecule has 18 heavy (non-hydrogen) atoms. The van der Waals surface area contributed by atoms with Crippen LogP contribution >= 0.6 is 0 Å². The van der Waals surface area contributed by atoms with E-state index in [4.69, 9.17) is 0 Å². The predicted octanol–water partition coefficient (Wildman–Crippen LogP) is 3.08. The van der Waals surface area contributed by atoms with Gasteiger partial charge in [-0.05, 0) is 38.1 Å². The number of nitrogens with zero attached hydrogens (tertiary/aromatic N) is 2. The molecule has 0 aliphatic rings. The highest BCUT2D eigenvalue weighted by Gasteiger charge is 2.06. The van der Waals surface area contributed by atoms with Gasteiger partial charge in [0.2, 0.25) is 0 Å². The molecule has 0 aromatic carbocycles. The van der Waals surface area contributed by atoms with Gasteiger partial charge in [-0.15, -0.1) is 0 Å². The summed E-state index contributed by atoms with van der Waals surface area (Å²) in [6.45, 7) is 4.99. The first-order valence-electron chi connectivity index (χ1n) is 6.18. The molecule has 0 aliphatic heterocycles. The highest BCUT2D eigenvalue weighted by atomic mass is 15.1. The Hall–Kier alpha value is -2.10. The molecule has 0 bridgehead atoms. The van der Waals surface area contributed by atoms with Crippen molar-refractivity contribution in [1.29, 1.82) is 0 Å². The molecule has 2 aromatic heterocycles. The molecule has 0 saturated heterocycles. The third-order valence-corrected chi connectivity index (χ3v) is 2.60. The number of nitrogens with one attached hydrogen (secondary N) is 2. The maximum absolute atomic E-state index is 4.48. The summed E-state index contributed by atoms with van der Waals surface area (Å²) < 4.78 is 0. The zero-order chi connectivity index (χ0) is 12.8. The van der Waals surface area contributed by atoms with E-state index in [1.807, 2.05) is 36.4 Å². The van der Waals surface area contributed by atoms with Crippen molar-refractivity contribution in [3.05, 3.63) is 48.3 Å². The maximum Gasteiger partial charge on any atom is 0.128 e. The molecule has 2 rings (SSSR count). The summed E-state index contributed by atoms with van der Waals surface area (Å²) in [5.41, 5.74) is 1.01. The molecule has 2 N–H and O–H groups in total. The van der Waals surface area contributed by atoms with Crippen molar-refractivity contribution in [2.24, 2.45) is 0 Å². The molecule has 2 heterocycles. The SMILES string of the molecule is CCNc1cccc(NC(C)c2ccccn2)n1. The van der Waals surface area contributed by atoms with Crippen molar-refractivity contribution in [1.82, 2.24) is 9.97 Å². The lowest BCUT2D eigenvalue weighted by molar-refractivity contribution is 0.832. The Morgan fingerprint density at radius 3 is 2.67 bits per heavy atom.